The first-order valence-electron chi connectivity index (χ1n) is 32.7. The number of aliphatic carboxylic acids is 1. The van der Waals surface area contributed by atoms with E-state index in [-0.39, 0.29) is 32.2 Å². The van der Waals surface area contributed by atoms with Crippen LogP contribution in [0, 0.1) is 0 Å². The molecule has 2 atom stereocenters. The maximum absolute atomic E-state index is 12.9. The molecule has 2 unspecified atom stereocenters. The molecule has 0 amide bonds. The van der Waals surface area contributed by atoms with Crippen LogP contribution in [0.15, 0.2) is 122 Å². The van der Waals surface area contributed by atoms with Gasteiger partial charge in [0.1, 0.15) is 13.2 Å². The minimum atomic E-state index is -1.52. The van der Waals surface area contributed by atoms with Crippen molar-refractivity contribution in [2.45, 2.75) is 270 Å². The Kier molecular flexibility index (Phi) is 58.5. The molecule has 0 bridgehead atoms. The van der Waals surface area contributed by atoms with Gasteiger partial charge in [0.2, 0.25) is 0 Å². The van der Waals surface area contributed by atoms with E-state index in [9.17, 15) is 19.5 Å². The first kappa shape index (κ1) is 76.7. The fourth-order valence-electron chi connectivity index (χ4n) is 8.77. The lowest BCUT2D eigenvalue weighted by Crippen LogP contribution is -2.40. The van der Waals surface area contributed by atoms with E-state index in [0.29, 0.717) is 23.9 Å². The summed E-state index contributed by atoms with van der Waals surface area (Å²) in [7, 11) is 5.96. The van der Waals surface area contributed by atoms with Crippen LogP contribution in [0.2, 0.25) is 0 Å². The van der Waals surface area contributed by atoms with Gasteiger partial charge in [-0.25, -0.2) is 4.79 Å². The van der Waals surface area contributed by atoms with Crippen LogP contribution in [0.4, 0.5) is 0 Å². The van der Waals surface area contributed by atoms with Gasteiger partial charge >= 0.3 is 17.9 Å². The van der Waals surface area contributed by atoms with Gasteiger partial charge in [0.15, 0.2) is 6.10 Å². The third kappa shape index (κ3) is 63.1. The predicted octanol–water partition coefficient (Wildman–Crippen LogP) is 20.0. The number of carbonyl (C=O) groups is 3. The van der Waals surface area contributed by atoms with Crippen molar-refractivity contribution in [2.24, 2.45) is 0 Å². The molecule has 9 nitrogen and oxygen atoms in total. The third-order valence-corrected chi connectivity index (χ3v) is 13.7. The molecular formula is C72H122NO8+. The van der Waals surface area contributed by atoms with E-state index >= 15 is 0 Å². The average molecular weight is 1130 g/mol. The summed E-state index contributed by atoms with van der Waals surface area (Å²) in [6, 6.07) is 0. The standard InChI is InChI=1S/C72H121NO8/c1-6-8-10-12-14-16-18-20-22-24-26-28-30-32-33-34-35-36-37-39-40-42-44-46-48-50-52-54-56-58-60-62-69(74)79-66-68(67-80-72(71(76)77)78-65-64-73(3,4)5)81-70(75)63-61-59-57-55-53-51-49-47-45-43-41-38-31-29-27-25-23-21-19-17-15-13-11-9-7-2/h8-11,14-17,20-23,26-29,38,41,45,47,68,72H,6-7,12-13,18-19,24-25,30-37,39-40,42-44,46,48-67H2,1-5H3/p+1/b10-8-,11-9-,16-14-,17-15-,22-20-,23-21-,28-26-,29-27-,41-38-,47-45-. The topological polar surface area (TPSA) is 108 Å². The Morgan fingerprint density at radius 2 is 0.667 bits per heavy atom. The van der Waals surface area contributed by atoms with Gasteiger partial charge in [0, 0.05) is 12.8 Å². The predicted molar refractivity (Wildman–Crippen MR) is 345 cm³/mol. The lowest BCUT2D eigenvalue weighted by molar-refractivity contribution is -0.870. The van der Waals surface area contributed by atoms with E-state index < -0.39 is 24.3 Å². The van der Waals surface area contributed by atoms with Gasteiger partial charge in [0.25, 0.3) is 6.29 Å². The lowest BCUT2D eigenvalue weighted by Gasteiger charge is -2.25. The number of nitrogens with zero attached hydrogens (tertiary/aromatic N) is 1. The molecule has 0 aliphatic carbocycles. The normalized spacial score (nSPS) is 13.5. The average Bonchev–Trinajstić information content (AvgIpc) is 3.44. The van der Waals surface area contributed by atoms with Crippen LogP contribution in [0.25, 0.3) is 0 Å². The van der Waals surface area contributed by atoms with Crippen molar-refractivity contribution in [2.75, 3.05) is 47.5 Å². The number of rotatable bonds is 59. The third-order valence-electron chi connectivity index (χ3n) is 13.7. The zero-order chi connectivity index (χ0) is 59.1. The Hall–Kier alpha value is -4.31. The zero-order valence-corrected chi connectivity index (χ0v) is 52.7. The van der Waals surface area contributed by atoms with E-state index in [1.165, 1.54) is 103 Å². The number of carboxylic acid groups (broad SMARTS) is 1. The number of esters is 2. The van der Waals surface area contributed by atoms with Crippen molar-refractivity contribution in [3.05, 3.63) is 122 Å². The molecular weight excluding hydrogens is 1010 g/mol. The van der Waals surface area contributed by atoms with Gasteiger partial charge in [-0.3, -0.25) is 9.59 Å². The molecule has 0 aliphatic rings. The van der Waals surface area contributed by atoms with Crippen LogP contribution in [0.3, 0.4) is 0 Å². The minimum Gasteiger partial charge on any atom is -0.477 e. The van der Waals surface area contributed by atoms with Crippen LogP contribution in [0.5, 0.6) is 0 Å². The summed E-state index contributed by atoms with van der Waals surface area (Å²) in [6.45, 7) is 4.64. The van der Waals surface area contributed by atoms with Crippen LogP contribution >= 0.6 is 0 Å². The van der Waals surface area contributed by atoms with Crippen molar-refractivity contribution in [3.63, 3.8) is 0 Å². The maximum atomic E-state index is 12.9. The van der Waals surface area contributed by atoms with E-state index in [1.807, 2.05) is 21.1 Å². The molecule has 0 saturated carbocycles. The Labute approximate surface area is 497 Å². The van der Waals surface area contributed by atoms with Gasteiger partial charge in [-0.2, -0.15) is 0 Å². The molecule has 0 aliphatic heterocycles. The number of carboxylic acids is 1. The molecule has 0 rings (SSSR count). The van der Waals surface area contributed by atoms with Crippen LogP contribution in [-0.4, -0.2) is 87.4 Å². The highest BCUT2D eigenvalue weighted by molar-refractivity contribution is 5.71. The van der Waals surface area contributed by atoms with Crippen LogP contribution in [-0.2, 0) is 33.3 Å². The van der Waals surface area contributed by atoms with Crippen molar-refractivity contribution in [1.82, 2.24) is 0 Å². The highest BCUT2D eigenvalue weighted by Gasteiger charge is 2.25. The number of hydrogen-bond acceptors (Lipinski definition) is 7. The van der Waals surface area contributed by atoms with Crippen molar-refractivity contribution < 1.29 is 42.9 Å². The summed E-state index contributed by atoms with van der Waals surface area (Å²) in [5.41, 5.74) is 0. The Bertz CT molecular complexity index is 1740. The van der Waals surface area contributed by atoms with Crippen molar-refractivity contribution in [3.8, 4) is 0 Å². The number of carbonyl (C=O) groups excluding carboxylic acids is 2. The number of ether oxygens (including phenoxy) is 4. The second-order valence-corrected chi connectivity index (χ2v) is 22.7. The maximum Gasteiger partial charge on any atom is 0.361 e. The van der Waals surface area contributed by atoms with Gasteiger partial charge < -0.3 is 28.5 Å². The number of likely N-dealkylation sites (N-methyl/N-ethyl adjacent to an activating group) is 1. The molecule has 81 heavy (non-hydrogen) atoms. The molecule has 0 radical (unpaired) electrons. The highest BCUT2D eigenvalue weighted by Crippen LogP contribution is 2.16. The Morgan fingerprint density at radius 3 is 0.988 bits per heavy atom. The van der Waals surface area contributed by atoms with Gasteiger partial charge in [-0.1, -0.05) is 264 Å². The molecule has 1 N–H and O–H groups in total. The molecule has 0 heterocycles. The summed E-state index contributed by atoms with van der Waals surface area (Å²) in [5, 5.41) is 9.73. The van der Waals surface area contributed by atoms with Gasteiger partial charge in [-0.05, 0) is 103 Å². The largest absolute Gasteiger partial charge is 0.477 e. The van der Waals surface area contributed by atoms with E-state index in [2.05, 4.69) is 135 Å². The summed E-state index contributed by atoms with van der Waals surface area (Å²) < 4.78 is 22.9. The molecule has 0 fully saturated rings. The molecule has 0 aromatic heterocycles. The molecule has 0 aromatic carbocycles. The lowest BCUT2D eigenvalue weighted by atomic mass is 10.0. The number of allylic oxidation sites excluding steroid dienone is 20. The smallest absolute Gasteiger partial charge is 0.361 e. The fraction of sp³-hybridized carbons (Fsp3) is 0.681. The quantitative estimate of drug-likeness (QED) is 0.0211. The number of hydrogen-bond donors (Lipinski definition) is 1. The summed E-state index contributed by atoms with van der Waals surface area (Å²) in [4.78, 5) is 37.6. The number of unbranched alkanes of at least 4 members (excludes halogenated alkanes) is 24. The van der Waals surface area contributed by atoms with E-state index in [4.69, 9.17) is 18.9 Å². The van der Waals surface area contributed by atoms with E-state index in [0.717, 1.165) is 122 Å². The van der Waals surface area contributed by atoms with Gasteiger partial charge in [-0.15, -0.1) is 0 Å². The van der Waals surface area contributed by atoms with Crippen LogP contribution < -0.4 is 0 Å². The summed E-state index contributed by atoms with van der Waals surface area (Å²) in [6.07, 6.45) is 84.4. The second-order valence-electron chi connectivity index (χ2n) is 22.7. The van der Waals surface area contributed by atoms with Crippen LogP contribution in [0.1, 0.15) is 258 Å². The molecule has 9 heteroatoms. The molecule has 0 aromatic rings. The zero-order valence-electron chi connectivity index (χ0n) is 52.7. The monoisotopic (exact) mass is 1130 g/mol. The SMILES string of the molecule is CC/C=C\C/C=C\C/C=C\C/C=C\C/C=C\C/C=C\CCCCCCCCC(=O)OC(COC(=O)CCCCCCCCCCCCCCCCCCCC/C=C\C/C=C\C/C=C\C/C=C\CC)COC(OCC[N+](C)(C)C)C(=O)O. The molecule has 462 valence electrons. The first-order valence-corrected chi connectivity index (χ1v) is 32.7. The van der Waals surface area contributed by atoms with Crippen molar-refractivity contribution in [1.29, 1.82) is 0 Å². The Morgan fingerprint density at radius 1 is 0.370 bits per heavy atom. The number of quaternary nitrogens is 1. The minimum absolute atomic E-state index is 0.179. The molecule has 0 saturated heterocycles. The second kappa shape index (κ2) is 61.8. The van der Waals surface area contributed by atoms with E-state index in [1.54, 1.807) is 0 Å². The fourth-order valence-corrected chi connectivity index (χ4v) is 8.77. The van der Waals surface area contributed by atoms with Crippen molar-refractivity contribution >= 4 is 17.9 Å². The highest BCUT2D eigenvalue weighted by atomic mass is 16.7. The Balaban J connectivity index is 4.18. The summed E-state index contributed by atoms with van der Waals surface area (Å²) in [5.74, 6) is -2.03. The molecule has 0 spiro atoms. The van der Waals surface area contributed by atoms with Gasteiger partial charge in [0.05, 0.1) is 34.4 Å². The first-order chi connectivity index (χ1) is 39.6. The summed E-state index contributed by atoms with van der Waals surface area (Å²) >= 11 is 0.